The number of aliphatic hydroxyl groups is 1. The molecule has 1 aromatic carbocycles. The number of benzene rings is 1. The number of anilines is 1. The molecule has 0 aliphatic carbocycles. The van der Waals surface area contributed by atoms with Gasteiger partial charge in [-0.1, -0.05) is 0 Å². The predicted molar refractivity (Wildman–Crippen MR) is 65.2 cm³/mol. The Hall–Kier alpha value is -1.18. The molecular weight excluding hydrogens is 259 g/mol. The summed E-state index contributed by atoms with van der Waals surface area (Å²) in [5.74, 6) is -0.637. The number of halogens is 1. The lowest BCUT2D eigenvalue weighted by atomic mass is 10.2. The van der Waals surface area contributed by atoms with Crippen molar-refractivity contribution in [1.29, 1.82) is 0 Å². The van der Waals surface area contributed by atoms with Crippen molar-refractivity contribution in [3.05, 3.63) is 24.0 Å². The van der Waals surface area contributed by atoms with Crippen LogP contribution in [0.15, 0.2) is 23.1 Å². The van der Waals surface area contributed by atoms with Crippen LogP contribution in [0.25, 0.3) is 0 Å². The van der Waals surface area contributed by atoms with E-state index >= 15 is 0 Å². The molecule has 0 spiro atoms. The van der Waals surface area contributed by atoms with Crippen LogP contribution in [0.2, 0.25) is 0 Å². The zero-order valence-corrected chi connectivity index (χ0v) is 10.5. The number of nitrogens with zero attached hydrogens (tertiary/aromatic N) is 1. The van der Waals surface area contributed by atoms with Crippen LogP contribution in [-0.4, -0.2) is 32.7 Å². The van der Waals surface area contributed by atoms with E-state index in [0.717, 1.165) is 18.9 Å². The lowest BCUT2D eigenvalue weighted by molar-refractivity contribution is 0.266. The molecule has 0 aromatic heterocycles. The molecule has 1 aromatic rings. The average Bonchev–Trinajstić information content (AvgIpc) is 2.75. The fourth-order valence-electron chi connectivity index (χ4n) is 2.24. The Labute approximate surface area is 105 Å². The van der Waals surface area contributed by atoms with Gasteiger partial charge in [0.25, 0.3) is 0 Å². The number of rotatable bonds is 3. The van der Waals surface area contributed by atoms with Gasteiger partial charge in [-0.05, 0) is 31.0 Å². The van der Waals surface area contributed by atoms with Crippen LogP contribution in [0.4, 0.5) is 10.1 Å². The maximum atomic E-state index is 13.9. The summed E-state index contributed by atoms with van der Waals surface area (Å²) < 4.78 is 36.1. The van der Waals surface area contributed by atoms with Gasteiger partial charge in [0.1, 0.15) is 5.82 Å². The third kappa shape index (κ3) is 2.47. The maximum absolute atomic E-state index is 13.9. The zero-order chi connectivity index (χ0) is 13.3. The molecule has 3 N–H and O–H groups in total. The van der Waals surface area contributed by atoms with Gasteiger partial charge >= 0.3 is 0 Å². The fraction of sp³-hybridized carbons (Fsp3) is 0.455. The van der Waals surface area contributed by atoms with Crippen molar-refractivity contribution < 1.29 is 17.9 Å². The summed E-state index contributed by atoms with van der Waals surface area (Å²) in [4.78, 5) is 1.51. The van der Waals surface area contributed by atoms with Crippen molar-refractivity contribution in [2.24, 2.45) is 5.14 Å². The predicted octanol–water partition coefficient (Wildman–Crippen LogP) is 0.434. The van der Waals surface area contributed by atoms with Gasteiger partial charge in [0, 0.05) is 6.54 Å². The van der Waals surface area contributed by atoms with Crippen LogP contribution in [0, 0.1) is 5.82 Å². The molecule has 0 amide bonds. The highest BCUT2D eigenvalue weighted by molar-refractivity contribution is 7.89. The minimum atomic E-state index is -3.89. The van der Waals surface area contributed by atoms with Crippen molar-refractivity contribution in [3.8, 4) is 0 Å². The van der Waals surface area contributed by atoms with Crippen LogP contribution in [0.5, 0.6) is 0 Å². The van der Waals surface area contributed by atoms with Crippen molar-refractivity contribution in [2.45, 2.75) is 23.8 Å². The van der Waals surface area contributed by atoms with Gasteiger partial charge in [-0.2, -0.15) is 0 Å². The van der Waals surface area contributed by atoms with Gasteiger partial charge in [-0.15, -0.1) is 0 Å². The monoisotopic (exact) mass is 274 g/mol. The molecular formula is C11H15FN2O3S. The van der Waals surface area contributed by atoms with E-state index in [-0.39, 0.29) is 17.5 Å². The summed E-state index contributed by atoms with van der Waals surface area (Å²) in [5.41, 5.74) is 0.305. The minimum Gasteiger partial charge on any atom is -0.394 e. The molecule has 1 saturated heterocycles. The Morgan fingerprint density at radius 3 is 2.78 bits per heavy atom. The van der Waals surface area contributed by atoms with Gasteiger partial charge in [-0.25, -0.2) is 17.9 Å². The number of aliphatic hydroxyl groups excluding tert-OH is 1. The highest BCUT2D eigenvalue weighted by Gasteiger charge is 2.26. The van der Waals surface area contributed by atoms with Gasteiger partial charge < -0.3 is 10.0 Å². The van der Waals surface area contributed by atoms with Crippen molar-refractivity contribution in [2.75, 3.05) is 18.1 Å². The fourth-order valence-corrected chi connectivity index (χ4v) is 2.77. The molecule has 1 aliphatic rings. The summed E-state index contributed by atoms with van der Waals surface area (Å²) in [6, 6.07) is 3.47. The Morgan fingerprint density at radius 1 is 1.50 bits per heavy atom. The molecule has 1 aliphatic heterocycles. The summed E-state index contributed by atoms with van der Waals surface area (Å²) in [5, 5.41) is 14.1. The first-order valence-corrected chi connectivity index (χ1v) is 7.18. The van der Waals surface area contributed by atoms with Crippen molar-refractivity contribution in [3.63, 3.8) is 0 Å². The van der Waals surface area contributed by atoms with Gasteiger partial charge in [0.2, 0.25) is 10.0 Å². The van der Waals surface area contributed by atoms with Crippen LogP contribution in [-0.2, 0) is 10.0 Å². The number of sulfonamides is 1. The molecule has 1 unspecified atom stereocenters. The van der Waals surface area contributed by atoms with Crippen LogP contribution < -0.4 is 10.0 Å². The maximum Gasteiger partial charge on any atom is 0.238 e. The second-order valence-corrected chi connectivity index (χ2v) is 5.89. The summed E-state index contributed by atoms with van der Waals surface area (Å²) in [6.45, 7) is 0.604. The summed E-state index contributed by atoms with van der Waals surface area (Å²) in [6.07, 6.45) is 1.68. The quantitative estimate of drug-likeness (QED) is 0.837. The Morgan fingerprint density at radius 2 is 2.22 bits per heavy atom. The van der Waals surface area contributed by atoms with Crippen LogP contribution >= 0.6 is 0 Å². The molecule has 0 radical (unpaired) electrons. The largest absolute Gasteiger partial charge is 0.394 e. The van der Waals surface area contributed by atoms with Gasteiger partial charge in [0.05, 0.1) is 23.2 Å². The number of nitrogens with two attached hydrogens (primary N) is 1. The zero-order valence-electron chi connectivity index (χ0n) is 9.71. The van der Waals surface area contributed by atoms with E-state index in [0.29, 0.717) is 12.2 Å². The first-order valence-electron chi connectivity index (χ1n) is 5.63. The molecule has 1 atom stereocenters. The number of primary sulfonamides is 1. The van der Waals surface area contributed by atoms with E-state index in [2.05, 4.69) is 0 Å². The van der Waals surface area contributed by atoms with Gasteiger partial charge in [0.15, 0.2) is 0 Å². The Kier molecular flexibility index (Phi) is 3.56. The molecule has 100 valence electrons. The SMILES string of the molecule is NS(=O)(=O)c1ccc(N2CCCC2CO)c(F)c1. The van der Waals surface area contributed by atoms with E-state index in [9.17, 15) is 17.9 Å². The Balaban J connectivity index is 2.36. The van der Waals surface area contributed by atoms with Gasteiger partial charge in [-0.3, -0.25) is 0 Å². The topological polar surface area (TPSA) is 83.6 Å². The highest BCUT2D eigenvalue weighted by Crippen LogP contribution is 2.29. The molecule has 18 heavy (non-hydrogen) atoms. The van der Waals surface area contributed by atoms with Crippen molar-refractivity contribution >= 4 is 15.7 Å². The molecule has 1 heterocycles. The third-order valence-corrected chi connectivity index (χ3v) is 4.06. The van der Waals surface area contributed by atoms with Crippen LogP contribution in [0.1, 0.15) is 12.8 Å². The lowest BCUT2D eigenvalue weighted by Gasteiger charge is -2.25. The molecule has 2 rings (SSSR count). The van der Waals surface area contributed by atoms with E-state index in [1.807, 2.05) is 0 Å². The molecule has 0 bridgehead atoms. The Bertz CT molecular complexity index is 547. The van der Waals surface area contributed by atoms with E-state index in [1.54, 1.807) is 4.90 Å². The second-order valence-electron chi connectivity index (χ2n) is 4.33. The second kappa shape index (κ2) is 4.83. The molecule has 5 nitrogen and oxygen atoms in total. The average molecular weight is 274 g/mol. The van der Waals surface area contributed by atoms with Crippen LogP contribution in [0.3, 0.4) is 0 Å². The minimum absolute atomic E-state index is 0.0453. The lowest BCUT2D eigenvalue weighted by Crippen LogP contribution is -2.32. The standard InChI is InChI=1S/C11H15FN2O3S/c12-10-6-9(18(13,16)17)3-4-11(10)14-5-1-2-8(14)7-15/h3-4,6,8,15H,1-2,5,7H2,(H2,13,16,17). The van der Waals surface area contributed by atoms with E-state index in [1.165, 1.54) is 12.1 Å². The van der Waals surface area contributed by atoms with E-state index < -0.39 is 15.8 Å². The first kappa shape index (κ1) is 13.3. The smallest absolute Gasteiger partial charge is 0.238 e. The molecule has 1 fully saturated rings. The number of hydrogen-bond acceptors (Lipinski definition) is 4. The highest BCUT2D eigenvalue weighted by atomic mass is 32.2. The van der Waals surface area contributed by atoms with E-state index in [4.69, 9.17) is 5.14 Å². The normalized spacial score (nSPS) is 20.4. The summed E-state index contributed by atoms with van der Waals surface area (Å²) in [7, 11) is -3.89. The van der Waals surface area contributed by atoms with Crippen molar-refractivity contribution in [1.82, 2.24) is 0 Å². The number of hydrogen-bond donors (Lipinski definition) is 2. The third-order valence-electron chi connectivity index (χ3n) is 3.14. The summed E-state index contributed by atoms with van der Waals surface area (Å²) >= 11 is 0. The first-order chi connectivity index (χ1) is 8.43. The molecule has 0 saturated carbocycles. The molecule has 7 heteroatoms.